The minimum Gasteiger partial charge on any atom is -0.382 e. The van der Waals surface area contributed by atoms with Gasteiger partial charge in [-0.15, -0.1) is 0 Å². The second-order valence-corrected chi connectivity index (χ2v) is 4.47. The maximum Gasteiger partial charge on any atom is 0.0983 e. The molecule has 5 heteroatoms. The van der Waals surface area contributed by atoms with Gasteiger partial charge in [0.1, 0.15) is 0 Å². The summed E-state index contributed by atoms with van der Waals surface area (Å²) in [6.07, 6.45) is 5.13. The molecule has 0 aromatic carbocycles. The molecule has 0 aliphatic carbocycles. The van der Waals surface area contributed by atoms with Crippen LogP contribution in [0.1, 0.15) is 18.0 Å². The maximum atomic E-state index is 5.39. The number of nitrogens with one attached hydrogen (secondary N) is 1. The van der Waals surface area contributed by atoms with Gasteiger partial charge in [0.05, 0.1) is 25.6 Å². The predicted octanol–water partition coefficient (Wildman–Crippen LogP) is 0.621. The van der Waals surface area contributed by atoms with Gasteiger partial charge in [0.15, 0.2) is 0 Å². The Bertz CT molecular complexity index is 334. The zero-order valence-corrected chi connectivity index (χ0v) is 10.6. The summed E-state index contributed by atoms with van der Waals surface area (Å²) in [4.78, 5) is 4.25. The SMILES string of the molecule is COCC(Cn1cncc1C1CCNC1)OC. The van der Waals surface area contributed by atoms with E-state index in [1.807, 2.05) is 12.5 Å². The lowest BCUT2D eigenvalue weighted by atomic mass is 10.1. The van der Waals surface area contributed by atoms with E-state index >= 15 is 0 Å². The highest BCUT2D eigenvalue weighted by atomic mass is 16.5. The fraction of sp³-hybridized carbons (Fsp3) is 0.750. The summed E-state index contributed by atoms with van der Waals surface area (Å²) in [5.74, 6) is 0.581. The van der Waals surface area contributed by atoms with E-state index in [4.69, 9.17) is 9.47 Å². The van der Waals surface area contributed by atoms with Crippen LogP contribution < -0.4 is 5.32 Å². The van der Waals surface area contributed by atoms with Gasteiger partial charge in [0.25, 0.3) is 0 Å². The van der Waals surface area contributed by atoms with Crippen LogP contribution in [0.4, 0.5) is 0 Å². The Morgan fingerprint density at radius 3 is 3.12 bits per heavy atom. The molecule has 2 rings (SSSR count). The molecule has 1 aromatic rings. The third-order valence-electron chi connectivity index (χ3n) is 3.31. The van der Waals surface area contributed by atoms with Crippen molar-refractivity contribution in [2.75, 3.05) is 33.9 Å². The molecule has 1 aromatic heterocycles. The average Bonchev–Trinajstić information content (AvgIpc) is 2.98. The van der Waals surface area contributed by atoms with E-state index in [-0.39, 0.29) is 6.10 Å². The number of methoxy groups -OCH3 is 2. The van der Waals surface area contributed by atoms with Gasteiger partial charge in [-0.25, -0.2) is 4.98 Å². The summed E-state index contributed by atoms with van der Waals surface area (Å²) in [6, 6.07) is 0. The van der Waals surface area contributed by atoms with Gasteiger partial charge in [-0.3, -0.25) is 0 Å². The zero-order chi connectivity index (χ0) is 12.1. The minimum atomic E-state index is 0.0855. The first-order valence-corrected chi connectivity index (χ1v) is 6.07. The van der Waals surface area contributed by atoms with Crippen LogP contribution in [0.3, 0.4) is 0 Å². The second kappa shape index (κ2) is 6.14. The molecule has 2 unspecified atom stereocenters. The molecule has 0 amide bonds. The summed E-state index contributed by atoms with van der Waals surface area (Å²) in [5.41, 5.74) is 1.30. The van der Waals surface area contributed by atoms with Gasteiger partial charge < -0.3 is 19.4 Å². The Labute approximate surface area is 102 Å². The quantitative estimate of drug-likeness (QED) is 0.790. The zero-order valence-electron chi connectivity index (χ0n) is 10.6. The maximum absolute atomic E-state index is 5.39. The van der Waals surface area contributed by atoms with Crippen LogP contribution in [0, 0.1) is 0 Å². The lowest BCUT2D eigenvalue weighted by Crippen LogP contribution is -2.25. The molecule has 0 saturated carbocycles. The number of rotatable bonds is 6. The van der Waals surface area contributed by atoms with E-state index in [9.17, 15) is 0 Å². The van der Waals surface area contributed by atoms with Crippen LogP contribution in [-0.4, -0.2) is 49.6 Å². The number of imidazole rings is 1. The molecule has 0 spiro atoms. The summed E-state index contributed by atoms with van der Waals surface area (Å²) in [7, 11) is 3.42. The van der Waals surface area contributed by atoms with Crippen molar-refractivity contribution >= 4 is 0 Å². The number of aromatic nitrogens is 2. The van der Waals surface area contributed by atoms with Crippen molar-refractivity contribution in [1.29, 1.82) is 0 Å². The van der Waals surface area contributed by atoms with Crippen molar-refractivity contribution in [3.05, 3.63) is 18.2 Å². The number of hydrogen-bond donors (Lipinski definition) is 1. The van der Waals surface area contributed by atoms with Gasteiger partial charge in [0.2, 0.25) is 0 Å². The topological polar surface area (TPSA) is 48.3 Å². The fourth-order valence-corrected chi connectivity index (χ4v) is 2.33. The van der Waals surface area contributed by atoms with Crippen molar-refractivity contribution in [2.24, 2.45) is 0 Å². The second-order valence-electron chi connectivity index (χ2n) is 4.47. The Balaban J connectivity index is 2.02. The Hall–Kier alpha value is -0.910. The van der Waals surface area contributed by atoms with Crippen molar-refractivity contribution < 1.29 is 9.47 Å². The van der Waals surface area contributed by atoms with Crippen molar-refractivity contribution in [3.63, 3.8) is 0 Å². The Morgan fingerprint density at radius 2 is 2.47 bits per heavy atom. The van der Waals surface area contributed by atoms with Gasteiger partial charge in [-0.1, -0.05) is 0 Å². The first-order chi connectivity index (χ1) is 8.35. The standard InChI is InChI=1S/C12H21N3O2/c1-16-8-11(17-2)7-15-9-14-6-12(15)10-3-4-13-5-10/h6,9-11,13H,3-5,7-8H2,1-2H3. The van der Waals surface area contributed by atoms with Crippen LogP contribution in [-0.2, 0) is 16.0 Å². The van der Waals surface area contributed by atoms with E-state index in [1.54, 1.807) is 14.2 Å². The van der Waals surface area contributed by atoms with Crippen LogP contribution in [0.5, 0.6) is 0 Å². The van der Waals surface area contributed by atoms with Gasteiger partial charge in [0, 0.05) is 38.6 Å². The normalized spacial score (nSPS) is 21.9. The van der Waals surface area contributed by atoms with E-state index in [0.717, 1.165) is 19.6 Å². The smallest absolute Gasteiger partial charge is 0.0983 e. The van der Waals surface area contributed by atoms with E-state index in [2.05, 4.69) is 14.9 Å². The molecule has 0 radical (unpaired) electrons. The molecule has 1 saturated heterocycles. The van der Waals surface area contributed by atoms with Gasteiger partial charge in [-0.05, 0) is 13.0 Å². The van der Waals surface area contributed by atoms with E-state index in [0.29, 0.717) is 12.5 Å². The molecule has 1 aliphatic heterocycles. The molecule has 2 atom stereocenters. The number of hydrogen-bond acceptors (Lipinski definition) is 4. The van der Waals surface area contributed by atoms with Gasteiger partial charge in [-0.2, -0.15) is 0 Å². The molecule has 1 N–H and O–H groups in total. The summed E-state index contributed by atoms with van der Waals surface area (Å²) in [5, 5.41) is 3.38. The summed E-state index contributed by atoms with van der Waals surface area (Å²) < 4.78 is 12.7. The van der Waals surface area contributed by atoms with Crippen molar-refractivity contribution in [3.8, 4) is 0 Å². The molecule has 0 bridgehead atoms. The molecular weight excluding hydrogens is 218 g/mol. The van der Waals surface area contributed by atoms with Crippen LogP contribution in [0.25, 0.3) is 0 Å². The lowest BCUT2D eigenvalue weighted by molar-refractivity contribution is 0.0178. The predicted molar refractivity (Wildman–Crippen MR) is 65.1 cm³/mol. The highest BCUT2D eigenvalue weighted by Crippen LogP contribution is 2.22. The molecule has 17 heavy (non-hydrogen) atoms. The molecule has 2 heterocycles. The summed E-state index contributed by atoms with van der Waals surface area (Å²) in [6.45, 7) is 3.56. The lowest BCUT2D eigenvalue weighted by Gasteiger charge is -2.18. The number of ether oxygens (including phenoxy) is 2. The molecule has 1 fully saturated rings. The first kappa shape index (κ1) is 12.5. The molecule has 5 nitrogen and oxygen atoms in total. The highest BCUT2D eigenvalue weighted by molar-refractivity contribution is 5.09. The monoisotopic (exact) mass is 239 g/mol. The third-order valence-corrected chi connectivity index (χ3v) is 3.31. The van der Waals surface area contributed by atoms with E-state index < -0.39 is 0 Å². The fourth-order valence-electron chi connectivity index (χ4n) is 2.33. The molecule has 1 aliphatic rings. The molecular formula is C12H21N3O2. The van der Waals surface area contributed by atoms with E-state index in [1.165, 1.54) is 12.1 Å². The Morgan fingerprint density at radius 1 is 1.59 bits per heavy atom. The summed E-state index contributed by atoms with van der Waals surface area (Å²) >= 11 is 0. The number of nitrogens with zero attached hydrogens (tertiary/aromatic N) is 2. The van der Waals surface area contributed by atoms with Crippen LogP contribution >= 0.6 is 0 Å². The van der Waals surface area contributed by atoms with Crippen LogP contribution in [0.2, 0.25) is 0 Å². The van der Waals surface area contributed by atoms with Gasteiger partial charge >= 0.3 is 0 Å². The Kier molecular flexibility index (Phi) is 4.53. The largest absolute Gasteiger partial charge is 0.382 e. The molecule has 96 valence electrons. The van der Waals surface area contributed by atoms with Crippen molar-refractivity contribution in [2.45, 2.75) is 25.0 Å². The van der Waals surface area contributed by atoms with Crippen molar-refractivity contribution in [1.82, 2.24) is 14.9 Å². The first-order valence-electron chi connectivity index (χ1n) is 6.07. The minimum absolute atomic E-state index is 0.0855. The van der Waals surface area contributed by atoms with Crippen LogP contribution in [0.15, 0.2) is 12.5 Å². The third kappa shape index (κ3) is 3.06. The average molecular weight is 239 g/mol. The highest BCUT2D eigenvalue weighted by Gasteiger charge is 2.21.